The fourth-order valence-corrected chi connectivity index (χ4v) is 2.85. The maximum absolute atomic E-state index is 12.4. The first-order valence-electron chi connectivity index (χ1n) is 8.29. The van der Waals surface area contributed by atoms with Crippen molar-refractivity contribution in [2.24, 2.45) is 0 Å². The standard InChI is InChI=1S/C20H15ClN4O2/c21-16-8-4-5-14(11-16)13-25-10-9-19(23-25)22-20(26)17-12-18(27-24-17)15-6-2-1-3-7-15/h1-12H,13H2,(H,22,23,26). The molecule has 0 unspecified atom stereocenters. The molecule has 1 amide bonds. The summed E-state index contributed by atoms with van der Waals surface area (Å²) in [6.45, 7) is 0.554. The van der Waals surface area contributed by atoms with Crippen molar-refractivity contribution in [3.8, 4) is 11.3 Å². The lowest BCUT2D eigenvalue weighted by atomic mass is 10.1. The Bertz CT molecular complexity index is 1070. The van der Waals surface area contributed by atoms with Crippen LogP contribution in [0.4, 0.5) is 5.82 Å². The molecule has 0 fully saturated rings. The maximum Gasteiger partial charge on any atom is 0.279 e. The molecule has 6 nitrogen and oxygen atoms in total. The number of rotatable bonds is 5. The van der Waals surface area contributed by atoms with Gasteiger partial charge < -0.3 is 9.84 Å². The van der Waals surface area contributed by atoms with E-state index in [2.05, 4.69) is 15.6 Å². The van der Waals surface area contributed by atoms with Gasteiger partial charge in [-0.05, 0) is 17.7 Å². The van der Waals surface area contributed by atoms with Gasteiger partial charge in [0.15, 0.2) is 17.3 Å². The van der Waals surface area contributed by atoms with Crippen molar-refractivity contribution in [2.75, 3.05) is 5.32 Å². The van der Waals surface area contributed by atoms with E-state index in [0.29, 0.717) is 23.1 Å². The van der Waals surface area contributed by atoms with E-state index in [9.17, 15) is 4.79 Å². The van der Waals surface area contributed by atoms with E-state index in [1.807, 2.05) is 54.6 Å². The van der Waals surface area contributed by atoms with Crippen LogP contribution >= 0.6 is 11.6 Å². The minimum absolute atomic E-state index is 0.193. The predicted molar refractivity (Wildman–Crippen MR) is 103 cm³/mol. The van der Waals surface area contributed by atoms with Crippen LogP contribution in [0.25, 0.3) is 11.3 Å². The molecule has 4 aromatic rings. The molecule has 27 heavy (non-hydrogen) atoms. The number of halogens is 1. The van der Waals surface area contributed by atoms with Crippen molar-refractivity contribution < 1.29 is 9.32 Å². The van der Waals surface area contributed by atoms with Crippen LogP contribution in [0.1, 0.15) is 16.1 Å². The Morgan fingerprint density at radius 3 is 2.74 bits per heavy atom. The van der Waals surface area contributed by atoms with E-state index < -0.39 is 0 Å². The highest BCUT2D eigenvalue weighted by Gasteiger charge is 2.15. The molecule has 4 rings (SSSR count). The normalized spacial score (nSPS) is 10.7. The Hall–Kier alpha value is -3.38. The topological polar surface area (TPSA) is 73.0 Å². The van der Waals surface area contributed by atoms with E-state index in [4.69, 9.17) is 16.1 Å². The van der Waals surface area contributed by atoms with Crippen LogP contribution in [0.5, 0.6) is 0 Å². The summed E-state index contributed by atoms with van der Waals surface area (Å²) in [5.41, 5.74) is 2.07. The van der Waals surface area contributed by atoms with Crippen molar-refractivity contribution in [3.63, 3.8) is 0 Å². The van der Waals surface area contributed by atoms with Crippen molar-refractivity contribution in [3.05, 3.63) is 89.2 Å². The van der Waals surface area contributed by atoms with Crippen molar-refractivity contribution in [2.45, 2.75) is 6.54 Å². The molecular formula is C20H15ClN4O2. The Morgan fingerprint density at radius 1 is 1.07 bits per heavy atom. The van der Waals surface area contributed by atoms with Crippen LogP contribution in [0.2, 0.25) is 5.02 Å². The number of hydrogen-bond donors (Lipinski definition) is 1. The second-order valence-corrected chi connectivity index (χ2v) is 6.36. The number of benzene rings is 2. The third-order valence-electron chi connectivity index (χ3n) is 3.92. The van der Waals surface area contributed by atoms with Gasteiger partial charge in [0.2, 0.25) is 0 Å². The van der Waals surface area contributed by atoms with Crippen LogP contribution in [0, 0.1) is 0 Å². The van der Waals surface area contributed by atoms with Crippen LogP contribution in [-0.4, -0.2) is 20.8 Å². The highest BCUT2D eigenvalue weighted by Crippen LogP contribution is 2.20. The van der Waals surface area contributed by atoms with Gasteiger partial charge in [0.1, 0.15) is 0 Å². The number of carbonyl (C=O) groups is 1. The zero-order chi connectivity index (χ0) is 18.6. The minimum atomic E-state index is -0.381. The van der Waals surface area contributed by atoms with Crippen LogP contribution < -0.4 is 5.32 Å². The molecule has 0 aliphatic rings. The molecule has 0 radical (unpaired) electrons. The fourth-order valence-electron chi connectivity index (χ4n) is 2.64. The summed E-state index contributed by atoms with van der Waals surface area (Å²) in [5, 5.41) is 11.6. The molecule has 0 saturated heterocycles. The van der Waals surface area contributed by atoms with Crippen LogP contribution in [0.15, 0.2) is 77.4 Å². The third kappa shape index (κ3) is 4.07. The quantitative estimate of drug-likeness (QED) is 0.555. The lowest BCUT2D eigenvalue weighted by Crippen LogP contribution is -2.13. The largest absolute Gasteiger partial charge is 0.355 e. The summed E-state index contributed by atoms with van der Waals surface area (Å²) >= 11 is 6.00. The second-order valence-electron chi connectivity index (χ2n) is 5.93. The van der Waals surface area contributed by atoms with Crippen molar-refractivity contribution in [1.29, 1.82) is 0 Å². The molecule has 1 N–H and O–H groups in total. The Kier molecular flexibility index (Phi) is 4.72. The van der Waals surface area contributed by atoms with Gasteiger partial charge in [-0.15, -0.1) is 0 Å². The van der Waals surface area contributed by atoms with Crippen molar-refractivity contribution >= 4 is 23.3 Å². The average Bonchev–Trinajstić information content (AvgIpc) is 3.32. The summed E-state index contributed by atoms with van der Waals surface area (Å²) in [7, 11) is 0. The number of nitrogens with one attached hydrogen (secondary N) is 1. The first kappa shape index (κ1) is 17.1. The van der Waals surface area contributed by atoms with E-state index in [1.165, 1.54) is 0 Å². The number of nitrogens with zero attached hydrogens (tertiary/aromatic N) is 3. The lowest BCUT2D eigenvalue weighted by Gasteiger charge is -2.02. The van der Waals surface area contributed by atoms with E-state index >= 15 is 0 Å². The van der Waals surface area contributed by atoms with Crippen molar-refractivity contribution in [1.82, 2.24) is 14.9 Å². The summed E-state index contributed by atoms with van der Waals surface area (Å²) < 4.78 is 6.98. The van der Waals surface area contributed by atoms with E-state index in [0.717, 1.165) is 11.1 Å². The minimum Gasteiger partial charge on any atom is -0.355 e. The Labute approximate surface area is 160 Å². The highest BCUT2D eigenvalue weighted by molar-refractivity contribution is 6.30. The molecule has 0 saturated carbocycles. The van der Waals surface area contributed by atoms with E-state index in [-0.39, 0.29) is 11.6 Å². The molecule has 2 aromatic carbocycles. The molecule has 134 valence electrons. The molecule has 0 atom stereocenters. The zero-order valence-electron chi connectivity index (χ0n) is 14.2. The van der Waals surface area contributed by atoms with Gasteiger partial charge in [0, 0.05) is 28.9 Å². The number of hydrogen-bond acceptors (Lipinski definition) is 4. The molecule has 0 spiro atoms. The first-order chi connectivity index (χ1) is 13.2. The van der Waals surface area contributed by atoms with Gasteiger partial charge in [0.25, 0.3) is 5.91 Å². The van der Waals surface area contributed by atoms with Gasteiger partial charge in [-0.1, -0.05) is 59.2 Å². The zero-order valence-corrected chi connectivity index (χ0v) is 14.9. The molecule has 7 heteroatoms. The summed E-state index contributed by atoms with van der Waals surface area (Å²) in [4.78, 5) is 12.4. The molecule has 2 heterocycles. The summed E-state index contributed by atoms with van der Waals surface area (Å²) in [6, 6.07) is 20.4. The van der Waals surface area contributed by atoms with Gasteiger partial charge in [-0.2, -0.15) is 5.10 Å². The predicted octanol–water partition coefficient (Wildman–Crippen LogP) is 4.49. The molecule has 2 aromatic heterocycles. The Morgan fingerprint density at radius 2 is 1.93 bits per heavy atom. The van der Waals surface area contributed by atoms with Gasteiger partial charge in [0.05, 0.1) is 6.54 Å². The average molecular weight is 379 g/mol. The lowest BCUT2D eigenvalue weighted by molar-refractivity contribution is 0.101. The third-order valence-corrected chi connectivity index (χ3v) is 4.15. The molecule has 0 aliphatic carbocycles. The monoisotopic (exact) mass is 378 g/mol. The van der Waals surface area contributed by atoms with Gasteiger partial charge in [-0.3, -0.25) is 9.48 Å². The Balaban J connectivity index is 1.43. The van der Waals surface area contributed by atoms with E-state index in [1.54, 1.807) is 23.0 Å². The van der Waals surface area contributed by atoms with Gasteiger partial charge >= 0.3 is 0 Å². The fraction of sp³-hybridized carbons (Fsp3) is 0.0500. The second kappa shape index (κ2) is 7.47. The van der Waals surface area contributed by atoms with Gasteiger partial charge in [-0.25, -0.2) is 0 Å². The highest BCUT2D eigenvalue weighted by atomic mass is 35.5. The number of aromatic nitrogens is 3. The SMILES string of the molecule is O=C(Nc1ccn(Cc2cccc(Cl)c2)n1)c1cc(-c2ccccc2)on1. The summed E-state index contributed by atoms with van der Waals surface area (Å²) in [5.74, 6) is 0.590. The number of amides is 1. The number of carbonyl (C=O) groups excluding carboxylic acids is 1. The first-order valence-corrected chi connectivity index (χ1v) is 8.66. The summed E-state index contributed by atoms with van der Waals surface area (Å²) in [6.07, 6.45) is 1.79. The van der Waals surface area contributed by atoms with Crippen LogP contribution in [0.3, 0.4) is 0 Å². The molecule has 0 aliphatic heterocycles. The number of anilines is 1. The van der Waals surface area contributed by atoms with Crippen LogP contribution in [-0.2, 0) is 6.54 Å². The molecular weight excluding hydrogens is 364 g/mol. The maximum atomic E-state index is 12.4. The molecule has 0 bridgehead atoms. The smallest absolute Gasteiger partial charge is 0.279 e.